The number of ether oxygens (including phenoxy) is 1. The second-order valence-electron chi connectivity index (χ2n) is 4.04. The molecule has 0 heterocycles. The first-order valence-electron chi connectivity index (χ1n) is 4.23. The highest BCUT2D eigenvalue weighted by atomic mass is 28.3. The van der Waals surface area contributed by atoms with Crippen LogP contribution >= 0.6 is 0 Å². The van der Waals surface area contributed by atoms with Crippen LogP contribution in [0, 0.1) is 0 Å². The topological polar surface area (TPSA) is 29.5 Å². The Morgan fingerprint density at radius 2 is 1.92 bits per heavy atom. The number of amides is 1. The Morgan fingerprint density at radius 3 is 2.17 bits per heavy atom. The molecule has 0 spiro atoms. The molecule has 0 aliphatic carbocycles. The molecule has 0 fully saturated rings. The van der Waals surface area contributed by atoms with Gasteiger partial charge in [-0.3, -0.25) is 0 Å². The fourth-order valence-corrected chi connectivity index (χ4v) is 2.51. The van der Waals surface area contributed by atoms with Crippen LogP contribution in [0.1, 0.15) is 6.92 Å². The van der Waals surface area contributed by atoms with E-state index >= 15 is 0 Å². The van der Waals surface area contributed by atoms with Crippen LogP contribution in [0.15, 0.2) is 0 Å². The van der Waals surface area contributed by atoms with Crippen molar-refractivity contribution >= 4 is 14.2 Å². The van der Waals surface area contributed by atoms with Crippen molar-refractivity contribution in [1.82, 2.24) is 4.90 Å². The van der Waals surface area contributed by atoms with Gasteiger partial charge in [0, 0.05) is 12.7 Å². The lowest BCUT2D eigenvalue weighted by molar-refractivity contribution is 0.132. The molecule has 12 heavy (non-hydrogen) atoms. The number of hydrogen-bond donors (Lipinski definition) is 0. The van der Waals surface area contributed by atoms with E-state index in [9.17, 15) is 4.79 Å². The molecule has 0 aromatic heterocycles. The van der Waals surface area contributed by atoms with Gasteiger partial charge in [-0.05, 0) is 6.92 Å². The number of rotatable bonds is 3. The van der Waals surface area contributed by atoms with Crippen molar-refractivity contribution < 1.29 is 9.53 Å². The molecule has 0 aromatic carbocycles. The SMILES string of the molecule is CCN(C[Si](C)(C)C)C(=O)OC. The summed E-state index contributed by atoms with van der Waals surface area (Å²) in [6, 6.07) is 0. The van der Waals surface area contributed by atoms with Crippen molar-refractivity contribution in [3.05, 3.63) is 0 Å². The second kappa shape index (κ2) is 4.50. The molecule has 4 heteroatoms. The number of carbonyl (C=O) groups is 1. The van der Waals surface area contributed by atoms with Gasteiger partial charge in [0.2, 0.25) is 0 Å². The molecule has 1 amide bonds. The molecule has 0 atom stereocenters. The van der Waals surface area contributed by atoms with Crippen molar-refractivity contribution in [1.29, 1.82) is 0 Å². The second-order valence-corrected chi connectivity index (χ2v) is 9.48. The molecular weight excluding hydrogens is 170 g/mol. The van der Waals surface area contributed by atoms with Gasteiger partial charge in [-0.2, -0.15) is 0 Å². The average Bonchev–Trinajstić information content (AvgIpc) is 1.97. The maximum absolute atomic E-state index is 11.1. The first kappa shape index (κ1) is 11.5. The van der Waals surface area contributed by atoms with Crippen LogP contribution in [0.5, 0.6) is 0 Å². The Kier molecular flexibility index (Phi) is 4.30. The van der Waals surface area contributed by atoms with Crippen LogP contribution in [-0.2, 0) is 4.74 Å². The molecule has 3 nitrogen and oxygen atoms in total. The van der Waals surface area contributed by atoms with E-state index in [2.05, 4.69) is 24.4 Å². The zero-order valence-electron chi connectivity index (χ0n) is 8.68. The molecule has 0 radical (unpaired) electrons. The third kappa shape index (κ3) is 4.38. The third-order valence-corrected chi connectivity index (χ3v) is 2.81. The summed E-state index contributed by atoms with van der Waals surface area (Å²) >= 11 is 0. The van der Waals surface area contributed by atoms with Gasteiger partial charge in [-0.1, -0.05) is 19.6 Å². The van der Waals surface area contributed by atoms with Gasteiger partial charge in [0.15, 0.2) is 0 Å². The number of carbonyl (C=O) groups excluding carboxylic acids is 1. The molecule has 0 saturated carbocycles. The lowest BCUT2D eigenvalue weighted by atomic mass is 10.7. The lowest BCUT2D eigenvalue weighted by Gasteiger charge is -2.26. The van der Waals surface area contributed by atoms with Gasteiger partial charge in [0.25, 0.3) is 0 Å². The summed E-state index contributed by atoms with van der Waals surface area (Å²) in [7, 11) is 0.231. The molecule has 0 N–H and O–H groups in total. The van der Waals surface area contributed by atoms with Gasteiger partial charge >= 0.3 is 6.09 Å². The fourth-order valence-electron chi connectivity index (χ4n) is 1.01. The van der Waals surface area contributed by atoms with Crippen LogP contribution in [0.3, 0.4) is 0 Å². The van der Waals surface area contributed by atoms with Crippen LogP contribution in [0.4, 0.5) is 4.79 Å². The molecule has 0 aliphatic rings. The zero-order chi connectivity index (χ0) is 9.78. The number of hydrogen-bond acceptors (Lipinski definition) is 2. The van der Waals surface area contributed by atoms with Crippen molar-refractivity contribution in [2.24, 2.45) is 0 Å². The Labute approximate surface area is 75.7 Å². The van der Waals surface area contributed by atoms with E-state index in [1.54, 1.807) is 4.90 Å². The van der Waals surface area contributed by atoms with E-state index in [0.717, 1.165) is 12.7 Å². The quantitative estimate of drug-likeness (QED) is 0.635. The summed E-state index contributed by atoms with van der Waals surface area (Å²) in [5.74, 6) is 0. The number of methoxy groups -OCH3 is 1. The summed E-state index contributed by atoms with van der Waals surface area (Å²) in [5, 5.41) is 0. The summed E-state index contributed by atoms with van der Waals surface area (Å²) in [5.41, 5.74) is 0. The first-order valence-corrected chi connectivity index (χ1v) is 7.94. The van der Waals surface area contributed by atoms with Gasteiger partial charge in [0.05, 0.1) is 15.2 Å². The molecule has 0 saturated heterocycles. The number of nitrogens with zero attached hydrogens (tertiary/aromatic N) is 1. The highest BCUT2D eigenvalue weighted by molar-refractivity contribution is 6.76. The molecule has 0 aromatic rings. The fraction of sp³-hybridized carbons (Fsp3) is 0.875. The van der Waals surface area contributed by atoms with Crippen molar-refractivity contribution in [3.8, 4) is 0 Å². The molecular formula is C8H19NO2Si. The van der Waals surface area contributed by atoms with E-state index in [0.29, 0.717) is 0 Å². The maximum Gasteiger partial charge on any atom is 0.409 e. The largest absolute Gasteiger partial charge is 0.453 e. The first-order chi connectivity index (χ1) is 5.40. The summed E-state index contributed by atoms with van der Waals surface area (Å²) in [6.45, 7) is 9.41. The standard InChI is InChI=1S/C8H19NO2Si/c1-6-9(8(10)11-2)7-12(3,4)5/h6-7H2,1-5H3. The van der Waals surface area contributed by atoms with Gasteiger partial charge in [-0.15, -0.1) is 0 Å². The Balaban J connectivity index is 4.09. The van der Waals surface area contributed by atoms with Crippen LogP contribution in [0.2, 0.25) is 19.6 Å². The van der Waals surface area contributed by atoms with Crippen molar-refractivity contribution in [2.75, 3.05) is 19.8 Å². The minimum Gasteiger partial charge on any atom is -0.453 e. The van der Waals surface area contributed by atoms with Crippen LogP contribution < -0.4 is 0 Å². The van der Waals surface area contributed by atoms with Gasteiger partial charge in [0.1, 0.15) is 0 Å². The van der Waals surface area contributed by atoms with E-state index in [-0.39, 0.29) is 6.09 Å². The van der Waals surface area contributed by atoms with E-state index < -0.39 is 8.07 Å². The van der Waals surface area contributed by atoms with Crippen molar-refractivity contribution in [3.63, 3.8) is 0 Å². The maximum atomic E-state index is 11.1. The molecule has 0 bridgehead atoms. The van der Waals surface area contributed by atoms with Crippen LogP contribution in [-0.4, -0.2) is 38.9 Å². The smallest absolute Gasteiger partial charge is 0.409 e. The lowest BCUT2D eigenvalue weighted by Crippen LogP contribution is -2.43. The molecule has 0 unspecified atom stereocenters. The highest BCUT2D eigenvalue weighted by Gasteiger charge is 2.21. The van der Waals surface area contributed by atoms with Crippen molar-refractivity contribution in [2.45, 2.75) is 26.6 Å². The normalized spacial score (nSPS) is 11.1. The Morgan fingerprint density at radius 1 is 1.42 bits per heavy atom. The predicted octanol–water partition coefficient (Wildman–Crippen LogP) is 1.95. The van der Waals surface area contributed by atoms with Gasteiger partial charge in [-0.25, -0.2) is 4.79 Å². The van der Waals surface area contributed by atoms with E-state index in [1.807, 2.05) is 6.92 Å². The average molecular weight is 189 g/mol. The van der Waals surface area contributed by atoms with Crippen LogP contribution in [0.25, 0.3) is 0 Å². The Hall–Kier alpha value is -0.513. The minimum absolute atomic E-state index is 0.208. The van der Waals surface area contributed by atoms with E-state index in [4.69, 9.17) is 0 Å². The third-order valence-electron chi connectivity index (χ3n) is 1.48. The summed E-state index contributed by atoms with van der Waals surface area (Å²) < 4.78 is 4.66. The summed E-state index contributed by atoms with van der Waals surface area (Å²) in [4.78, 5) is 12.9. The highest BCUT2D eigenvalue weighted by Crippen LogP contribution is 2.04. The van der Waals surface area contributed by atoms with E-state index in [1.165, 1.54) is 7.11 Å². The monoisotopic (exact) mass is 189 g/mol. The molecule has 0 aliphatic heterocycles. The molecule has 0 rings (SSSR count). The summed E-state index contributed by atoms with van der Waals surface area (Å²) in [6.07, 6.45) is 0.663. The minimum atomic E-state index is -1.20. The van der Waals surface area contributed by atoms with Gasteiger partial charge < -0.3 is 9.64 Å². The Bertz CT molecular complexity index is 154. The predicted molar refractivity (Wildman–Crippen MR) is 53.0 cm³/mol. The zero-order valence-corrected chi connectivity index (χ0v) is 9.68. The molecule has 72 valence electrons.